The maximum absolute atomic E-state index is 12.3. The molecule has 132 valence electrons. The van der Waals surface area contributed by atoms with E-state index in [1.165, 1.54) is 0 Å². The summed E-state index contributed by atoms with van der Waals surface area (Å²) in [5.41, 5.74) is 1.03. The van der Waals surface area contributed by atoms with Crippen LogP contribution in [0.25, 0.3) is 0 Å². The number of ether oxygens (including phenoxy) is 2. The van der Waals surface area contributed by atoms with Crippen molar-refractivity contribution in [3.8, 4) is 0 Å². The van der Waals surface area contributed by atoms with Gasteiger partial charge in [-0.2, -0.15) is 0 Å². The minimum atomic E-state index is -0.370. The lowest BCUT2D eigenvalue weighted by atomic mass is 10.0. The van der Waals surface area contributed by atoms with Gasteiger partial charge in [-0.1, -0.05) is 50.2 Å². The fourth-order valence-corrected chi connectivity index (χ4v) is 2.44. The molecule has 2 rings (SSSR count). The van der Waals surface area contributed by atoms with Crippen LogP contribution in [0.15, 0.2) is 60.7 Å². The van der Waals surface area contributed by atoms with E-state index in [4.69, 9.17) is 9.47 Å². The van der Waals surface area contributed by atoms with Crippen molar-refractivity contribution >= 4 is 11.9 Å². The molecule has 2 unspecified atom stereocenters. The van der Waals surface area contributed by atoms with Gasteiger partial charge in [0, 0.05) is 6.42 Å². The lowest BCUT2D eigenvalue weighted by Gasteiger charge is -2.24. The Bertz CT molecular complexity index is 680. The SMILES string of the molecule is CC(CC(OC(=O)c1ccccc1)C(C)C)OC(=O)c1ccccc1. The molecule has 0 aliphatic rings. The lowest BCUT2D eigenvalue weighted by molar-refractivity contribution is -0.00793. The first kappa shape index (κ1) is 18.7. The minimum Gasteiger partial charge on any atom is -0.459 e. The molecule has 0 radical (unpaired) electrons. The van der Waals surface area contributed by atoms with E-state index in [2.05, 4.69) is 0 Å². The van der Waals surface area contributed by atoms with Crippen LogP contribution in [0.3, 0.4) is 0 Å². The molecule has 2 atom stereocenters. The van der Waals surface area contributed by atoms with Crippen molar-refractivity contribution in [1.82, 2.24) is 0 Å². The van der Waals surface area contributed by atoms with Gasteiger partial charge < -0.3 is 9.47 Å². The Morgan fingerprint density at radius 1 is 0.760 bits per heavy atom. The van der Waals surface area contributed by atoms with E-state index in [0.29, 0.717) is 17.5 Å². The summed E-state index contributed by atoms with van der Waals surface area (Å²) in [5, 5.41) is 0. The van der Waals surface area contributed by atoms with Crippen molar-refractivity contribution in [1.29, 1.82) is 0 Å². The highest BCUT2D eigenvalue weighted by atomic mass is 16.6. The second-order valence-corrected chi connectivity index (χ2v) is 6.37. The summed E-state index contributed by atoms with van der Waals surface area (Å²) in [7, 11) is 0. The van der Waals surface area contributed by atoms with Gasteiger partial charge in [-0.3, -0.25) is 0 Å². The van der Waals surface area contributed by atoms with Gasteiger partial charge in [0.2, 0.25) is 0 Å². The molecule has 0 saturated carbocycles. The van der Waals surface area contributed by atoms with Crippen molar-refractivity contribution < 1.29 is 19.1 Å². The summed E-state index contributed by atoms with van der Waals surface area (Å²) < 4.78 is 11.1. The highest BCUT2D eigenvalue weighted by molar-refractivity contribution is 5.90. The Morgan fingerprint density at radius 3 is 1.64 bits per heavy atom. The highest BCUT2D eigenvalue weighted by Crippen LogP contribution is 2.18. The summed E-state index contributed by atoms with van der Waals surface area (Å²) in [6.07, 6.45) is -0.232. The molecule has 2 aromatic carbocycles. The first-order valence-corrected chi connectivity index (χ1v) is 8.49. The number of hydrogen-bond donors (Lipinski definition) is 0. The van der Waals surface area contributed by atoms with Crippen LogP contribution >= 0.6 is 0 Å². The third kappa shape index (κ3) is 5.75. The molecule has 0 saturated heterocycles. The van der Waals surface area contributed by atoms with E-state index in [-0.39, 0.29) is 30.1 Å². The van der Waals surface area contributed by atoms with Crippen molar-refractivity contribution in [2.75, 3.05) is 0 Å². The standard InChI is InChI=1S/C21H24O4/c1-15(2)19(25-21(23)18-12-8-5-9-13-18)14-16(3)24-20(22)17-10-6-4-7-11-17/h4-13,15-16,19H,14H2,1-3H3. The molecule has 0 fully saturated rings. The van der Waals surface area contributed by atoms with Crippen LogP contribution in [0.4, 0.5) is 0 Å². The lowest BCUT2D eigenvalue weighted by Crippen LogP contribution is -2.29. The van der Waals surface area contributed by atoms with E-state index in [9.17, 15) is 9.59 Å². The van der Waals surface area contributed by atoms with Crippen molar-refractivity contribution in [2.24, 2.45) is 5.92 Å². The number of hydrogen-bond acceptors (Lipinski definition) is 4. The van der Waals surface area contributed by atoms with Gasteiger partial charge in [-0.15, -0.1) is 0 Å². The molecule has 0 bridgehead atoms. The summed E-state index contributed by atoms with van der Waals surface area (Å²) in [5.74, 6) is -0.614. The van der Waals surface area contributed by atoms with Crippen LogP contribution in [0.2, 0.25) is 0 Å². The maximum atomic E-state index is 12.3. The minimum absolute atomic E-state index is 0.116. The predicted octanol–water partition coefficient (Wildman–Crippen LogP) is 4.50. The van der Waals surface area contributed by atoms with Crippen LogP contribution in [-0.4, -0.2) is 24.1 Å². The van der Waals surface area contributed by atoms with Crippen molar-refractivity contribution in [3.63, 3.8) is 0 Å². The third-order valence-electron chi connectivity index (χ3n) is 3.89. The number of rotatable bonds is 7. The molecule has 0 aromatic heterocycles. The van der Waals surface area contributed by atoms with Crippen LogP contribution in [0.1, 0.15) is 47.9 Å². The Labute approximate surface area is 148 Å². The van der Waals surface area contributed by atoms with Gasteiger partial charge in [0.05, 0.1) is 11.1 Å². The molecule has 25 heavy (non-hydrogen) atoms. The zero-order valence-corrected chi connectivity index (χ0v) is 14.8. The number of esters is 2. The van der Waals surface area contributed by atoms with Gasteiger partial charge in [0.1, 0.15) is 12.2 Å². The number of carbonyl (C=O) groups excluding carboxylic acids is 2. The predicted molar refractivity (Wildman–Crippen MR) is 96.4 cm³/mol. The Hall–Kier alpha value is -2.62. The van der Waals surface area contributed by atoms with E-state index in [0.717, 1.165) is 0 Å². The van der Waals surface area contributed by atoms with E-state index >= 15 is 0 Å². The average Bonchev–Trinajstić information content (AvgIpc) is 2.62. The zero-order chi connectivity index (χ0) is 18.2. The summed E-state index contributed by atoms with van der Waals surface area (Å²) in [6, 6.07) is 17.7. The van der Waals surface area contributed by atoms with Crippen LogP contribution in [-0.2, 0) is 9.47 Å². The molecular formula is C21H24O4. The van der Waals surface area contributed by atoms with E-state index in [1.54, 1.807) is 48.5 Å². The van der Waals surface area contributed by atoms with Crippen LogP contribution < -0.4 is 0 Å². The van der Waals surface area contributed by atoms with Gasteiger partial charge in [0.15, 0.2) is 0 Å². The Kier molecular flexibility index (Phi) is 6.75. The molecule has 4 nitrogen and oxygen atoms in total. The second-order valence-electron chi connectivity index (χ2n) is 6.37. The zero-order valence-electron chi connectivity index (χ0n) is 14.8. The molecule has 0 heterocycles. The average molecular weight is 340 g/mol. The first-order chi connectivity index (χ1) is 12.0. The summed E-state index contributed by atoms with van der Waals surface area (Å²) >= 11 is 0. The highest BCUT2D eigenvalue weighted by Gasteiger charge is 2.24. The molecule has 2 aromatic rings. The van der Waals surface area contributed by atoms with Gasteiger partial charge >= 0.3 is 11.9 Å². The largest absolute Gasteiger partial charge is 0.459 e. The molecule has 0 aliphatic carbocycles. The maximum Gasteiger partial charge on any atom is 0.338 e. The summed E-state index contributed by atoms with van der Waals surface area (Å²) in [6.45, 7) is 5.77. The van der Waals surface area contributed by atoms with Crippen molar-refractivity contribution in [3.05, 3.63) is 71.8 Å². The molecule has 4 heteroatoms. The van der Waals surface area contributed by atoms with Crippen LogP contribution in [0, 0.1) is 5.92 Å². The topological polar surface area (TPSA) is 52.6 Å². The second kappa shape index (κ2) is 9.02. The normalized spacial score (nSPS) is 13.1. The smallest absolute Gasteiger partial charge is 0.338 e. The Morgan fingerprint density at radius 2 is 1.20 bits per heavy atom. The Balaban J connectivity index is 1.94. The fourth-order valence-electron chi connectivity index (χ4n) is 2.44. The monoisotopic (exact) mass is 340 g/mol. The molecule has 0 amide bonds. The number of benzene rings is 2. The van der Waals surface area contributed by atoms with E-state index in [1.807, 2.05) is 32.9 Å². The fraction of sp³-hybridized carbons (Fsp3) is 0.333. The first-order valence-electron chi connectivity index (χ1n) is 8.49. The molecule has 0 aliphatic heterocycles. The van der Waals surface area contributed by atoms with Crippen molar-refractivity contribution in [2.45, 2.75) is 39.4 Å². The molecular weight excluding hydrogens is 316 g/mol. The summed E-state index contributed by atoms with van der Waals surface area (Å²) in [4.78, 5) is 24.4. The van der Waals surface area contributed by atoms with Crippen LogP contribution in [0.5, 0.6) is 0 Å². The number of carbonyl (C=O) groups is 2. The molecule has 0 N–H and O–H groups in total. The van der Waals surface area contributed by atoms with Gasteiger partial charge in [-0.25, -0.2) is 9.59 Å². The van der Waals surface area contributed by atoms with Gasteiger partial charge in [0.25, 0.3) is 0 Å². The van der Waals surface area contributed by atoms with Gasteiger partial charge in [-0.05, 0) is 37.1 Å². The third-order valence-corrected chi connectivity index (χ3v) is 3.89. The molecule has 0 spiro atoms. The quantitative estimate of drug-likeness (QED) is 0.696. The van der Waals surface area contributed by atoms with E-state index < -0.39 is 0 Å².